The van der Waals surface area contributed by atoms with Crippen molar-refractivity contribution < 1.29 is 15.0 Å². The van der Waals surface area contributed by atoms with Crippen molar-refractivity contribution in [1.29, 1.82) is 0 Å². The number of carboxylic acid groups (broad SMARTS) is 1. The Balaban J connectivity index is 2.44. The number of carbonyl (C=O) groups is 1. The predicted molar refractivity (Wildman–Crippen MR) is 57.0 cm³/mol. The van der Waals surface area contributed by atoms with Gasteiger partial charge >= 0.3 is 5.97 Å². The standard InChI is InChI=1S/C10H15N3O3/c14-4-2-1-3-11-6-9-8(10(15)16)5-12-7-13-9/h5,7,11,14H,1-4,6H2,(H,15,16). The fourth-order valence-corrected chi connectivity index (χ4v) is 1.24. The van der Waals surface area contributed by atoms with Crippen LogP contribution in [-0.2, 0) is 6.54 Å². The SMILES string of the molecule is O=C(O)c1cncnc1CNCCCCO. The number of aliphatic hydroxyl groups is 1. The van der Waals surface area contributed by atoms with E-state index in [-0.39, 0.29) is 12.2 Å². The van der Waals surface area contributed by atoms with Crippen molar-refractivity contribution in [3.63, 3.8) is 0 Å². The largest absolute Gasteiger partial charge is 0.478 e. The summed E-state index contributed by atoms with van der Waals surface area (Å²) in [5, 5.41) is 20.5. The molecule has 0 bridgehead atoms. The van der Waals surface area contributed by atoms with E-state index < -0.39 is 5.97 Å². The molecule has 0 fully saturated rings. The molecule has 0 saturated carbocycles. The van der Waals surface area contributed by atoms with Crippen molar-refractivity contribution in [3.8, 4) is 0 Å². The Labute approximate surface area is 93.4 Å². The Morgan fingerprint density at radius 1 is 1.44 bits per heavy atom. The highest BCUT2D eigenvalue weighted by Gasteiger charge is 2.10. The van der Waals surface area contributed by atoms with E-state index in [0.717, 1.165) is 19.4 Å². The molecule has 16 heavy (non-hydrogen) atoms. The maximum atomic E-state index is 10.8. The number of aromatic carboxylic acids is 1. The number of hydrogen-bond acceptors (Lipinski definition) is 5. The number of aromatic nitrogens is 2. The van der Waals surface area contributed by atoms with E-state index in [9.17, 15) is 4.79 Å². The van der Waals surface area contributed by atoms with Gasteiger partial charge in [0, 0.05) is 19.3 Å². The van der Waals surface area contributed by atoms with Gasteiger partial charge in [0.15, 0.2) is 0 Å². The van der Waals surface area contributed by atoms with Crippen LogP contribution in [0.25, 0.3) is 0 Å². The molecule has 1 aromatic heterocycles. The average Bonchev–Trinajstić information content (AvgIpc) is 2.29. The van der Waals surface area contributed by atoms with Crippen LogP contribution in [0.1, 0.15) is 28.9 Å². The summed E-state index contributed by atoms with van der Waals surface area (Å²) in [4.78, 5) is 18.4. The Hall–Kier alpha value is -1.53. The van der Waals surface area contributed by atoms with Crippen molar-refractivity contribution in [1.82, 2.24) is 15.3 Å². The second kappa shape index (κ2) is 6.86. The molecule has 88 valence electrons. The van der Waals surface area contributed by atoms with Crippen LogP contribution in [0, 0.1) is 0 Å². The fourth-order valence-electron chi connectivity index (χ4n) is 1.24. The second-order valence-corrected chi connectivity index (χ2v) is 3.30. The minimum Gasteiger partial charge on any atom is -0.478 e. The molecular formula is C10H15N3O3. The zero-order valence-electron chi connectivity index (χ0n) is 8.89. The first kappa shape index (κ1) is 12.5. The van der Waals surface area contributed by atoms with Gasteiger partial charge in [-0.25, -0.2) is 14.8 Å². The summed E-state index contributed by atoms with van der Waals surface area (Å²) in [7, 11) is 0. The molecule has 0 aromatic carbocycles. The maximum Gasteiger partial charge on any atom is 0.339 e. The van der Waals surface area contributed by atoms with Crippen molar-refractivity contribution in [2.24, 2.45) is 0 Å². The number of carboxylic acids is 1. The van der Waals surface area contributed by atoms with E-state index in [4.69, 9.17) is 10.2 Å². The Kier molecular flexibility index (Phi) is 5.38. The van der Waals surface area contributed by atoms with Gasteiger partial charge in [-0.05, 0) is 19.4 Å². The molecule has 1 rings (SSSR count). The Morgan fingerprint density at radius 3 is 2.94 bits per heavy atom. The molecule has 0 spiro atoms. The van der Waals surface area contributed by atoms with Gasteiger partial charge in [-0.3, -0.25) is 0 Å². The van der Waals surface area contributed by atoms with Gasteiger partial charge in [-0.1, -0.05) is 0 Å². The molecule has 6 heteroatoms. The summed E-state index contributed by atoms with van der Waals surface area (Å²) in [6.07, 6.45) is 4.21. The van der Waals surface area contributed by atoms with Crippen molar-refractivity contribution in [3.05, 3.63) is 23.8 Å². The summed E-state index contributed by atoms with van der Waals surface area (Å²) in [5.74, 6) is -1.02. The monoisotopic (exact) mass is 225 g/mol. The van der Waals surface area contributed by atoms with Gasteiger partial charge in [0.1, 0.15) is 11.9 Å². The molecule has 0 amide bonds. The fraction of sp³-hybridized carbons (Fsp3) is 0.500. The maximum absolute atomic E-state index is 10.8. The average molecular weight is 225 g/mol. The Bertz CT molecular complexity index is 344. The zero-order chi connectivity index (χ0) is 11.8. The molecule has 0 aliphatic rings. The van der Waals surface area contributed by atoms with Crippen LogP contribution in [0.4, 0.5) is 0 Å². The van der Waals surface area contributed by atoms with Crippen LogP contribution in [0.15, 0.2) is 12.5 Å². The number of unbranched alkanes of at least 4 members (excludes halogenated alkanes) is 1. The normalized spacial score (nSPS) is 10.3. The number of nitrogens with one attached hydrogen (secondary N) is 1. The lowest BCUT2D eigenvalue weighted by Gasteiger charge is -2.05. The highest BCUT2D eigenvalue weighted by molar-refractivity contribution is 5.88. The first-order chi connectivity index (χ1) is 7.75. The molecular weight excluding hydrogens is 210 g/mol. The van der Waals surface area contributed by atoms with Crippen LogP contribution < -0.4 is 5.32 Å². The summed E-state index contributed by atoms with van der Waals surface area (Å²) in [6.45, 7) is 1.30. The number of rotatable bonds is 7. The van der Waals surface area contributed by atoms with Gasteiger partial charge in [0.05, 0.1) is 5.69 Å². The lowest BCUT2D eigenvalue weighted by atomic mass is 10.2. The highest BCUT2D eigenvalue weighted by Crippen LogP contribution is 2.02. The van der Waals surface area contributed by atoms with Crippen molar-refractivity contribution >= 4 is 5.97 Å². The molecule has 3 N–H and O–H groups in total. The van der Waals surface area contributed by atoms with Crippen molar-refractivity contribution in [2.45, 2.75) is 19.4 Å². The molecule has 0 saturated heterocycles. The smallest absolute Gasteiger partial charge is 0.339 e. The summed E-state index contributed by atoms with van der Waals surface area (Å²) in [6, 6.07) is 0. The van der Waals surface area contributed by atoms with Gasteiger partial charge in [0.25, 0.3) is 0 Å². The number of hydrogen-bond donors (Lipinski definition) is 3. The van der Waals surface area contributed by atoms with Gasteiger partial charge in [-0.15, -0.1) is 0 Å². The lowest BCUT2D eigenvalue weighted by molar-refractivity contribution is 0.0694. The third-order valence-corrected chi connectivity index (χ3v) is 2.08. The molecule has 0 aliphatic carbocycles. The van der Waals surface area contributed by atoms with Gasteiger partial charge in [-0.2, -0.15) is 0 Å². The molecule has 0 atom stereocenters. The molecule has 0 unspecified atom stereocenters. The quantitative estimate of drug-likeness (QED) is 0.567. The predicted octanol–water partition coefficient (Wildman–Crippen LogP) is 0.0369. The van der Waals surface area contributed by atoms with Crippen LogP contribution in [0.2, 0.25) is 0 Å². The highest BCUT2D eigenvalue weighted by atomic mass is 16.4. The minimum atomic E-state index is -1.02. The Morgan fingerprint density at radius 2 is 2.25 bits per heavy atom. The van der Waals surface area contributed by atoms with E-state index >= 15 is 0 Å². The van der Waals surface area contributed by atoms with E-state index in [1.165, 1.54) is 12.5 Å². The molecule has 6 nitrogen and oxygen atoms in total. The molecule has 1 heterocycles. The van der Waals surface area contributed by atoms with E-state index in [1.807, 2.05) is 0 Å². The van der Waals surface area contributed by atoms with Crippen LogP contribution in [0.3, 0.4) is 0 Å². The van der Waals surface area contributed by atoms with E-state index in [2.05, 4.69) is 15.3 Å². The van der Waals surface area contributed by atoms with Crippen LogP contribution in [0.5, 0.6) is 0 Å². The molecule has 0 aliphatic heterocycles. The topological polar surface area (TPSA) is 95.3 Å². The zero-order valence-corrected chi connectivity index (χ0v) is 8.89. The second-order valence-electron chi connectivity index (χ2n) is 3.30. The third kappa shape index (κ3) is 3.92. The van der Waals surface area contributed by atoms with Crippen LogP contribution >= 0.6 is 0 Å². The lowest BCUT2D eigenvalue weighted by Crippen LogP contribution is -2.18. The number of aliphatic hydroxyl groups excluding tert-OH is 1. The van der Waals surface area contributed by atoms with Gasteiger partial charge < -0.3 is 15.5 Å². The van der Waals surface area contributed by atoms with E-state index in [1.54, 1.807) is 0 Å². The summed E-state index contributed by atoms with van der Waals surface area (Å²) >= 11 is 0. The molecule has 1 aromatic rings. The van der Waals surface area contributed by atoms with Crippen LogP contribution in [-0.4, -0.2) is 39.3 Å². The third-order valence-electron chi connectivity index (χ3n) is 2.08. The number of nitrogens with zero attached hydrogens (tertiary/aromatic N) is 2. The summed E-state index contributed by atoms with van der Waals surface area (Å²) in [5.41, 5.74) is 0.601. The molecule has 0 radical (unpaired) electrons. The first-order valence-corrected chi connectivity index (χ1v) is 5.09. The first-order valence-electron chi connectivity index (χ1n) is 5.09. The summed E-state index contributed by atoms with van der Waals surface area (Å²) < 4.78 is 0. The minimum absolute atomic E-state index is 0.122. The van der Waals surface area contributed by atoms with Crippen molar-refractivity contribution in [2.75, 3.05) is 13.2 Å². The van der Waals surface area contributed by atoms with Gasteiger partial charge in [0.2, 0.25) is 0 Å². The van der Waals surface area contributed by atoms with E-state index in [0.29, 0.717) is 12.2 Å².